The lowest BCUT2D eigenvalue weighted by Crippen LogP contribution is -1.61. The Kier molecular flexibility index (Phi) is 4.90. The van der Waals surface area contributed by atoms with E-state index in [4.69, 9.17) is 0 Å². The molecule has 2 nitrogen and oxygen atoms in total. The second-order valence-electron chi connectivity index (χ2n) is 3.64. The summed E-state index contributed by atoms with van der Waals surface area (Å²) in [6.45, 7) is 0. The second-order valence-corrected chi connectivity index (χ2v) is 5.41. The van der Waals surface area contributed by atoms with E-state index in [9.17, 15) is 0 Å². The van der Waals surface area contributed by atoms with Crippen LogP contribution < -0.4 is 0 Å². The first kappa shape index (κ1) is 14.0. The van der Waals surface area contributed by atoms with Crippen LogP contribution in [0.1, 0.15) is 0 Å². The van der Waals surface area contributed by atoms with E-state index in [2.05, 4.69) is 22.1 Å². The Balaban J connectivity index is 0.000000133. The van der Waals surface area contributed by atoms with Crippen molar-refractivity contribution in [2.45, 2.75) is 0 Å². The SMILES string of the molecule is S.c1ccc2scnc2c1.c1ccc2scnc2c1. The highest BCUT2D eigenvalue weighted by Crippen LogP contribution is 2.16. The molecule has 96 valence electrons. The van der Waals surface area contributed by atoms with Gasteiger partial charge in [-0.1, -0.05) is 24.3 Å². The van der Waals surface area contributed by atoms with Gasteiger partial charge in [-0.15, -0.1) is 22.7 Å². The van der Waals surface area contributed by atoms with Crippen LogP contribution in [0.2, 0.25) is 0 Å². The molecule has 0 saturated carbocycles. The minimum atomic E-state index is 0. The summed E-state index contributed by atoms with van der Waals surface area (Å²) in [7, 11) is 0. The molecule has 2 aromatic carbocycles. The summed E-state index contributed by atoms with van der Waals surface area (Å²) in [6.07, 6.45) is 0. The molecular weight excluding hydrogens is 292 g/mol. The first-order valence-corrected chi connectivity index (χ1v) is 7.26. The van der Waals surface area contributed by atoms with Gasteiger partial charge in [0.1, 0.15) is 0 Å². The average Bonchev–Trinajstić information content (AvgIpc) is 3.08. The van der Waals surface area contributed by atoms with Crippen LogP contribution in [0.15, 0.2) is 59.6 Å². The molecule has 0 radical (unpaired) electrons. The summed E-state index contributed by atoms with van der Waals surface area (Å²) in [5.41, 5.74) is 5.93. The van der Waals surface area contributed by atoms with Crippen LogP contribution >= 0.6 is 36.2 Å². The quantitative estimate of drug-likeness (QED) is 0.470. The van der Waals surface area contributed by atoms with Gasteiger partial charge in [-0.3, -0.25) is 0 Å². The molecule has 0 amide bonds. The van der Waals surface area contributed by atoms with Crippen LogP contribution in [0.3, 0.4) is 0 Å². The minimum Gasteiger partial charge on any atom is -0.245 e. The van der Waals surface area contributed by atoms with Gasteiger partial charge in [-0.05, 0) is 24.3 Å². The fraction of sp³-hybridized carbons (Fsp3) is 0. The first-order chi connectivity index (χ1) is 8.93. The predicted octanol–water partition coefficient (Wildman–Crippen LogP) is 4.71. The van der Waals surface area contributed by atoms with Crippen molar-refractivity contribution in [3.05, 3.63) is 59.6 Å². The molecule has 0 aliphatic rings. The van der Waals surface area contributed by atoms with Crippen LogP contribution in [0.4, 0.5) is 0 Å². The van der Waals surface area contributed by atoms with Gasteiger partial charge in [0.25, 0.3) is 0 Å². The molecule has 5 heteroatoms. The highest BCUT2D eigenvalue weighted by atomic mass is 32.1. The van der Waals surface area contributed by atoms with Crippen molar-refractivity contribution in [3.8, 4) is 0 Å². The summed E-state index contributed by atoms with van der Waals surface area (Å²) in [4.78, 5) is 8.27. The van der Waals surface area contributed by atoms with Crippen LogP contribution in [-0.4, -0.2) is 9.97 Å². The second kappa shape index (κ2) is 6.65. The van der Waals surface area contributed by atoms with E-state index in [1.54, 1.807) is 22.7 Å². The molecular formula is C14H12N2S3. The smallest absolute Gasteiger partial charge is 0.0812 e. The maximum absolute atomic E-state index is 4.14. The van der Waals surface area contributed by atoms with Crippen LogP contribution in [0.5, 0.6) is 0 Å². The zero-order valence-corrected chi connectivity index (χ0v) is 12.6. The Morgan fingerprint density at radius 3 is 1.47 bits per heavy atom. The third-order valence-corrected chi connectivity index (χ3v) is 4.09. The normalized spacial score (nSPS) is 9.68. The monoisotopic (exact) mass is 304 g/mol. The number of fused-ring (bicyclic) bond motifs is 2. The number of benzene rings is 2. The Morgan fingerprint density at radius 2 is 1.05 bits per heavy atom. The zero-order chi connectivity index (χ0) is 12.2. The number of aromatic nitrogens is 2. The Morgan fingerprint density at radius 1 is 0.632 bits per heavy atom. The molecule has 0 bridgehead atoms. The highest BCUT2D eigenvalue weighted by molar-refractivity contribution is 7.59. The number of thiazole rings is 2. The molecule has 0 spiro atoms. The number of para-hydroxylation sites is 2. The zero-order valence-electron chi connectivity index (χ0n) is 9.98. The summed E-state index contributed by atoms with van der Waals surface area (Å²) in [6, 6.07) is 16.3. The molecule has 0 N–H and O–H groups in total. The molecule has 0 atom stereocenters. The molecule has 0 saturated heterocycles. The standard InChI is InChI=1S/2C7H5NS.H2S/c2*1-2-4-7-6(3-1)8-5-9-7;/h2*1-5H;1H2. The Hall–Kier alpha value is -1.43. The van der Waals surface area contributed by atoms with Gasteiger partial charge in [0.2, 0.25) is 0 Å². The predicted molar refractivity (Wildman–Crippen MR) is 89.6 cm³/mol. The van der Waals surface area contributed by atoms with Crippen molar-refractivity contribution in [2.75, 3.05) is 0 Å². The van der Waals surface area contributed by atoms with Gasteiger partial charge in [0.05, 0.1) is 31.5 Å². The molecule has 4 aromatic rings. The fourth-order valence-electron chi connectivity index (χ4n) is 1.61. The van der Waals surface area contributed by atoms with Gasteiger partial charge in [-0.25, -0.2) is 9.97 Å². The molecule has 2 heterocycles. The summed E-state index contributed by atoms with van der Waals surface area (Å²) in [5, 5.41) is 0. The van der Waals surface area contributed by atoms with Gasteiger partial charge < -0.3 is 0 Å². The maximum Gasteiger partial charge on any atom is 0.0812 e. The van der Waals surface area contributed by atoms with E-state index in [1.807, 2.05) is 47.4 Å². The van der Waals surface area contributed by atoms with Crippen molar-refractivity contribution in [2.24, 2.45) is 0 Å². The summed E-state index contributed by atoms with van der Waals surface area (Å²) in [5.74, 6) is 0. The highest BCUT2D eigenvalue weighted by Gasteiger charge is 1.90. The third-order valence-electron chi connectivity index (χ3n) is 2.47. The van der Waals surface area contributed by atoms with E-state index < -0.39 is 0 Å². The Bertz CT molecular complexity index is 635. The third kappa shape index (κ3) is 3.32. The number of hydrogen-bond acceptors (Lipinski definition) is 4. The van der Waals surface area contributed by atoms with Crippen molar-refractivity contribution in [3.63, 3.8) is 0 Å². The van der Waals surface area contributed by atoms with Gasteiger partial charge in [0.15, 0.2) is 0 Å². The van der Waals surface area contributed by atoms with E-state index in [0.717, 1.165) is 11.0 Å². The van der Waals surface area contributed by atoms with Crippen molar-refractivity contribution >= 4 is 56.6 Å². The van der Waals surface area contributed by atoms with Crippen LogP contribution in [0.25, 0.3) is 20.4 Å². The summed E-state index contributed by atoms with van der Waals surface area (Å²) >= 11 is 3.35. The molecule has 0 aliphatic heterocycles. The Labute approximate surface area is 126 Å². The fourth-order valence-corrected chi connectivity index (χ4v) is 2.96. The topological polar surface area (TPSA) is 25.8 Å². The molecule has 0 unspecified atom stereocenters. The van der Waals surface area contributed by atoms with Crippen LogP contribution in [-0.2, 0) is 0 Å². The number of nitrogens with zero attached hydrogens (tertiary/aromatic N) is 2. The van der Waals surface area contributed by atoms with Crippen molar-refractivity contribution < 1.29 is 0 Å². The van der Waals surface area contributed by atoms with Gasteiger partial charge in [-0.2, -0.15) is 13.5 Å². The minimum absolute atomic E-state index is 0. The van der Waals surface area contributed by atoms with E-state index in [-0.39, 0.29) is 13.5 Å². The molecule has 4 rings (SSSR count). The first-order valence-electron chi connectivity index (χ1n) is 5.50. The molecule has 0 fully saturated rings. The van der Waals surface area contributed by atoms with Crippen molar-refractivity contribution in [1.29, 1.82) is 0 Å². The lowest BCUT2D eigenvalue weighted by Gasteiger charge is -1.80. The van der Waals surface area contributed by atoms with E-state index in [0.29, 0.717) is 0 Å². The van der Waals surface area contributed by atoms with Crippen LogP contribution in [0, 0.1) is 0 Å². The molecule has 2 aromatic heterocycles. The lowest BCUT2D eigenvalue weighted by atomic mass is 10.3. The van der Waals surface area contributed by atoms with Gasteiger partial charge >= 0.3 is 0 Å². The molecule has 19 heavy (non-hydrogen) atoms. The largest absolute Gasteiger partial charge is 0.245 e. The lowest BCUT2D eigenvalue weighted by molar-refractivity contribution is 1.50. The average molecular weight is 304 g/mol. The maximum atomic E-state index is 4.14. The number of rotatable bonds is 0. The van der Waals surface area contributed by atoms with Gasteiger partial charge in [0, 0.05) is 0 Å². The molecule has 0 aliphatic carbocycles. The van der Waals surface area contributed by atoms with E-state index >= 15 is 0 Å². The summed E-state index contributed by atoms with van der Waals surface area (Å²) < 4.78 is 2.52. The number of hydrogen-bond donors (Lipinski definition) is 0. The van der Waals surface area contributed by atoms with E-state index in [1.165, 1.54) is 9.40 Å². The van der Waals surface area contributed by atoms with Crippen molar-refractivity contribution in [1.82, 2.24) is 9.97 Å².